The van der Waals surface area contributed by atoms with E-state index in [1.165, 1.54) is 5.56 Å². The highest BCUT2D eigenvalue weighted by molar-refractivity contribution is 5.94. The molecule has 0 spiro atoms. The van der Waals surface area contributed by atoms with Crippen molar-refractivity contribution >= 4 is 11.9 Å². The molecular weight excluding hydrogens is 292 g/mol. The van der Waals surface area contributed by atoms with Gasteiger partial charge in [0, 0.05) is 31.2 Å². The second kappa shape index (κ2) is 7.59. The highest BCUT2D eigenvalue weighted by Gasteiger charge is 2.31. The van der Waals surface area contributed by atoms with Gasteiger partial charge in [0.15, 0.2) is 0 Å². The molecule has 23 heavy (non-hydrogen) atoms. The maximum Gasteiger partial charge on any atom is 0.308 e. The topological polar surface area (TPSA) is 60.9 Å². The predicted molar refractivity (Wildman–Crippen MR) is 89.3 cm³/mol. The zero-order valence-electron chi connectivity index (χ0n) is 14.2. The van der Waals surface area contributed by atoms with E-state index in [1.54, 1.807) is 4.90 Å². The van der Waals surface area contributed by atoms with Crippen LogP contribution in [0.1, 0.15) is 43.1 Å². The Hall–Kier alpha value is -1.88. The fraction of sp³-hybridized carbons (Fsp3) is 0.556. The monoisotopic (exact) mass is 318 g/mol. The van der Waals surface area contributed by atoms with Crippen LogP contribution in [0.3, 0.4) is 0 Å². The van der Waals surface area contributed by atoms with E-state index >= 15 is 0 Å². The van der Waals surface area contributed by atoms with Crippen molar-refractivity contribution in [3.8, 4) is 0 Å². The van der Waals surface area contributed by atoms with Crippen LogP contribution in [0.25, 0.3) is 0 Å². The molecule has 1 saturated heterocycles. The third kappa shape index (κ3) is 4.32. The lowest BCUT2D eigenvalue weighted by atomic mass is 10.1. The molecule has 0 aliphatic carbocycles. The summed E-state index contributed by atoms with van der Waals surface area (Å²) in [5.74, 6) is -1.32. The van der Waals surface area contributed by atoms with E-state index in [4.69, 9.17) is 5.11 Å². The van der Waals surface area contributed by atoms with Crippen molar-refractivity contribution in [2.75, 3.05) is 19.6 Å². The Morgan fingerprint density at radius 1 is 1.30 bits per heavy atom. The molecule has 1 N–H and O–H groups in total. The van der Waals surface area contributed by atoms with Gasteiger partial charge in [-0.3, -0.25) is 14.5 Å². The number of carbonyl (C=O) groups excluding carboxylic acids is 1. The molecule has 0 aromatic heterocycles. The van der Waals surface area contributed by atoms with Gasteiger partial charge in [-0.15, -0.1) is 0 Å². The first-order valence-corrected chi connectivity index (χ1v) is 8.27. The number of likely N-dealkylation sites (tertiary alicyclic amines) is 1. The molecule has 5 nitrogen and oxygen atoms in total. The Morgan fingerprint density at radius 2 is 1.96 bits per heavy atom. The molecule has 1 unspecified atom stereocenters. The molecule has 1 heterocycles. The molecule has 1 fully saturated rings. The summed E-state index contributed by atoms with van der Waals surface area (Å²) in [6.45, 7) is 9.18. The number of rotatable bonds is 6. The largest absolute Gasteiger partial charge is 0.481 e. The SMILES string of the molecule is CCN(Cc1ccc(C(=O)N2CCC(C(=O)O)C2)cc1)C(C)C. The zero-order valence-corrected chi connectivity index (χ0v) is 14.2. The van der Waals surface area contributed by atoms with Crippen LogP contribution in [-0.4, -0.2) is 52.5 Å². The molecule has 0 radical (unpaired) electrons. The second-order valence-corrected chi connectivity index (χ2v) is 6.43. The third-order valence-electron chi connectivity index (χ3n) is 4.55. The van der Waals surface area contributed by atoms with Gasteiger partial charge in [0.2, 0.25) is 0 Å². The van der Waals surface area contributed by atoms with Gasteiger partial charge < -0.3 is 10.0 Å². The van der Waals surface area contributed by atoms with Crippen LogP contribution >= 0.6 is 0 Å². The standard InChI is InChI=1S/C18H26N2O3/c1-4-19(13(2)3)11-14-5-7-15(8-6-14)17(21)20-10-9-16(12-20)18(22)23/h5-8,13,16H,4,9-12H2,1-3H3,(H,22,23). The van der Waals surface area contributed by atoms with Crippen molar-refractivity contribution in [3.63, 3.8) is 0 Å². The number of carboxylic acids is 1. The van der Waals surface area contributed by atoms with Crippen molar-refractivity contribution in [2.24, 2.45) is 5.92 Å². The normalized spacial score (nSPS) is 18.0. The van der Waals surface area contributed by atoms with E-state index in [-0.39, 0.29) is 5.91 Å². The van der Waals surface area contributed by atoms with Gasteiger partial charge in [0.1, 0.15) is 0 Å². The molecule has 1 aliphatic heterocycles. The quantitative estimate of drug-likeness (QED) is 0.875. The van der Waals surface area contributed by atoms with Crippen LogP contribution in [0, 0.1) is 5.92 Å². The van der Waals surface area contributed by atoms with Crippen molar-refractivity contribution < 1.29 is 14.7 Å². The van der Waals surface area contributed by atoms with Crippen LogP contribution in [0.5, 0.6) is 0 Å². The van der Waals surface area contributed by atoms with Gasteiger partial charge >= 0.3 is 5.97 Å². The predicted octanol–water partition coefficient (Wildman–Crippen LogP) is 2.46. The minimum Gasteiger partial charge on any atom is -0.481 e. The average molecular weight is 318 g/mol. The lowest BCUT2D eigenvalue weighted by Crippen LogP contribution is -2.30. The Bertz CT molecular complexity index is 554. The molecular formula is C18H26N2O3. The summed E-state index contributed by atoms with van der Waals surface area (Å²) in [5.41, 5.74) is 1.81. The maximum atomic E-state index is 12.4. The Labute approximate surface area is 137 Å². The summed E-state index contributed by atoms with van der Waals surface area (Å²) < 4.78 is 0. The summed E-state index contributed by atoms with van der Waals surface area (Å²) in [4.78, 5) is 27.4. The first-order chi connectivity index (χ1) is 10.9. The minimum absolute atomic E-state index is 0.0727. The van der Waals surface area contributed by atoms with Crippen LogP contribution in [-0.2, 0) is 11.3 Å². The molecule has 5 heteroatoms. The minimum atomic E-state index is -0.816. The van der Waals surface area contributed by atoms with Crippen molar-refractivity contribution in [1.82, 2.24) is 9.80 Å². The van der Waals surface area contributed by atoms with E-state index in [0.717, 1.165) is 13.1 Å². The first-order valence-electron chi connectivity index (χ1n) is 8.27. The van der Waals surface area contributed by atoms with Crippen LogP contribution in [0.2, 0.25) is 0 Å². The number of hydrogen-bond donors (Lipinski definition) is 1. The van der Waals surface area contributed by atoms with Gasteiger partial charge in [-0.25, -0.2) is 0 Å². The molecule has 0 bridgehead atoms. The van der Waals surface area contributed by atoms with E-state index in [1.807, 2.05) is 24.3 Å². The Balaban J connectivity index is 1.99. The molecule has 1 atom stereocenters. The Morgan fingerprint density at radius 3 is 2.43 bits per heavy atom. The Kier molecular flexibility index (Phi) is 5.77. The molecule has 2 rings (SSSR count). The summed E-state index contributed by atoms with van der Waals surface area (Å²) in [5, 5.41) is 9.03. The van der Waals surface area contributed by atoms with E-state index in [0.29, 0.717) is 31.1 Å². The molecule has 1 aromatic rings. The zero-order chi connectivity index (χ0) is 17.0. The fourth-order valence-electron chi connectivity index (χ4n) is 2.98. The van der Waals surface area contributed by atoms with Crippen molar-refractivity contribution in [1.29, 1.82) is 0 Å². The third-order valence-corrected chi connectivity index (χ3v) is 4.55. The van der Waals surface area contributed by atoms with E-state index < -0.39 is 11.9 Å². The van der Waals surface area contributed by atoms with Gasteiger partial charge in [-0.2, -0.15) is 0 Å². The first kappa shape index (κ1) is 17.5. The number of hydrogen-bond acceptors (Lipinski definition) is 3. The van der Waals surface area contributed by atoms with E-state index in [9.17, 15) is 9.59 Å². The molecule has 0 saturated carbocycles. The summed E-state index contributed by atoms with van der Waals surface area (Å²) >= 11 is 0. The van der Waals surface area contributed by atoms with Crippen molar-refractivity contribution in [2.45, 2.75) is 39.8 Å². The average Bonchev–Trinajstić information content (AvgIpc) is 3.02. The molecule has 126 valence electrons. The molecule has 1 amide bonds. The van der Waals surface area contributed by atoms with Crippen LogP contribution in [0.4, 0.5) is 0 Å². The summed E-state index contributed by atoms with van der Waals surface area (Å²) in [6, 6.07) is 8.16. The van der Waals surface area contributed by atoms with Crippen LogP contribution < -0.4 is 0 Å². The summed E-state index contributed by atoms with van der Waals surface area (Å²) in [7, 11) is 0. The van der Waals surface area contributed by atoms with Gasteiger partial charge in [0.25, 0.3) is 5.91 Å². The van der Waals surface area contributed by atoms with Crippen LogP contribution in [0.15, 0.2) is 24.3 Å². The van der Waals surface area contributed by atoms with Gasteiger partial charge in [-0.1, -0.05) is 19.1 Å². The number of aliphatic carboxylic acids is 1. The number of nitrogens with zero attached hydrogens (tertiary/aromatic N) is 2. The number of carbonyl (C=O) groups is 2. The van der Waals surface area contributed by atoms with Gasteiger partial charge in [0.05, 0.1) is 5.92 Å². The lowest BCUT2D eigenvalue weighted by molar-refractivity contribution is -0.141. The number of amides is 1. The molecule has 1 aliphatic rings. The van der Waals surface area contributed by atoms with Crippen molar-refractivity contribution in [3.05, 3.63) is 35.4 Å². The maximum absolute atomic E-state index is 12.4. The summed E-state index contributed by atoms with van der Waals surface area (Å²) in [6.07, 6.45) is 0.541. The second-order valence-electron chi connectivity index (χ2n) is 6.43. The molecule has 1 aromatic carbocycles. The fourth-order valence-corrected chi connectivity index (χ4v) is 2.98. The number of benzene rings is 1. The highest BCUT2D eigenvalue weighted by Crippen LogP contribution is 2.19. The van der Waals surface area contributed by atoms with E-state index in [2.05, 4.69) is 25.7 Å². The number of carboxylic acid groups (broad SMARTS) is 1. The lowest BCUT2D eigenvalue weighted by Gasteiger charge is -2.24. The smallest absolute Gasteiger partial charge is 0.308 e. The highest BCUT2D eigenvalue weighted by atomic mass is 16.4. The van der Waals surface area contributed by atoms with Gasteiger partial charge in [-0.05, 0) is 44.5 Å².